The largest absolute Gasteiger partial charge is 0.493 e. The van der Waals surface area contributed by atoms with E-state index in [9.17, 15) is 9.18 Å². The standard InChI is InChI=1S/C23H24FN3O4/c1-4-10-30-19-9-8-15(11-20(19)29-3)22-25-23(31-26-22)16-12-21(28)27(13-16)18-7-5-6-17(24)14(18)2/h5-9,11,16H,4,10,12-13H2,1-3H3. The summed E-state index contributed by atoms with van der Waals surface area (Å²) in [4.78, 5) is 18.7. The molecule has 0 spiro atoms. The molecule has 0 aliphatic carbocycles. The monoisotopic (exact) mass is 425 g/mol. The van der Waals surface area contributed by atoms with Gasteiger partial charge in [-0.05, 0) is 43.7 Å². The summed E-state index contributed by atoms with van der Waals surface area (Å²) in [5.74, 6) is 1.32. The SMILES string of the molecule is CCCOc1ccc(-c2noc(C3CC(=O)N(c4cccc(F)c4C)C3)n2)cc1OC. The van der Waals surface area contributed by atoms with Gasteiger partial charge >= 0.3 is 0 Å². The van der Waals surface area contributed by atoms with E-state index in [0.29, 0.717) is 47.6 Å². The average molecular weight is 425 g/mol. The number of carbonyl (C=O) groups excluding carboxylic acids is 1. The fourth-order valence-electron chi connectivity index (χ4n) is 3.65. The average Bonchev–Trinajstić information content (AvgIpc) is 3.41. The number of rotatable bonds is 7. The van der Waals surface area contributed by atoms with Crippen LogP contribution < -0.4 is 14.4 Å². The smallest absolute Gasteiger partial charge is 0.232 e. The zero-order chi connectivity index (χ0) is 22.0. The highest BCUT2D eigenvalue weighted by molar-refractivity contribution is 5.97. The van der Waals surface area contributed by atoms with Crippen molar-refractivity contribution in [1.82, 2.24) is 10.1 Å². The predicted molar refractivity (Wildman–Crippen MR) is 113 cm³/mol. The maximum absolute atomic E-state index is 13.9. The zero-order valence-corrected chi connectivity index (χ0v) is 17.7. The molecule has 0 bridgehead atoms. The number of aromatic nitrogens is 2. The molecule has 1 fully saturated rings. The van der Waals surface area contributed by atoms with E-state index in [1.807, 2.05) is 19.1 Å². The van der Waals surface area contributed by atoms with Crippen LogP contribution >= 0.6 is 0 Å². The van der Waals surface area contributed by atoms with Crippen molar-refractivity contribution in [3.05, 3.63) is 53.7 Å². The Bertz CT molecular complexity index is 1100. The van der Waals surface area contributed by atoms with Crippen molar-refractivity contribution in [3.63, 3.8) is 0 Å². The first-order valence-electron chi connectivity index (χ1n) is 10.2. The van der Waals surface area contributed by atoms with Crippen molar-refractivity contribution in [2.24, 2.45) is 0 Å². The Morgan fingerprint density at radius 2 is 2.10 bits per heavy atom. The Hall–Kier alpha value is -3.42. The number of nitrogens with zero attached hydrogens (tertiary/aromatic N) is 3. The van der Waals surface area contributed by atoms with Gasteiger partial charge in [-0.3, -0.25) is 4.79 Å². The molecule has 2 heterocycles. The summed E-state index contributed by atoms with van der Waals surface area (Å²) in [7, 11) is 1.58. The van der Waals surface area contributed by atoms with Gasteiger partial charge in [-0.1, -0.05) is 18.1 Å². The number of hydrogen-bond acceptors (Lipinski definition) is 6. The molecule has 7 nitrogen and oxygen atoms in total. The fourth-order valence-corrected chi connectivity index (χ4v) is 3.65. The molecule has 1 atom stereocenters. The Kier molecular flexibility index (Phi) is 5.88. The van der Waals surface area contributed by atoms with Crippen molar-refractivity contribution < 1.29 is 23.2 Å². The first kappa shape index (κ1) is 20.8. The van der Waals surface area contributed by atoms with E-state index < -0.39 is 0 Å². The summed E-state index contributed by atoms with van der Waals surface area (Å²) in [6.07, 6.45) is 1.12. The lowest BCUT2D eigenvalue weighted by atomic mass is 10.1. The van der Waals surface area contributed by atoms with Crippen LogP contribution in [0, 0.1) is 12.7 Å². The quantitative estimate of drug-likeness (QED) is 0.555. The van der Waals surface area contributed by atoms with Crippen molar-refractivity contribution in [1.29, 1.82) is 0 Å². The molecular formula is C23H24FN3O4. The van der Waals surface area contributed by atoms with Crippen molar-refractivity contribution in [3.8, 4) is 22.9 Å². The number of methoxy groups -OCH3 is 1. The minimum atomic E-state index is -0.339. The van der Waals surface area contributed by atoms with Crippen LogP contribution in [0.3, 0.4) is 0 Å². The second kappa shape index (κ2) is 8.75. The lowest BCUT2D eigenvalue weighted by Crippen LogP contribution is -2.25. The molecule has 0 radical (unpaired) electrons. The van der Waals surface area contributed by atoms with Crippen LogP contribution in [0.15, 0.2) is 40.9 Å². The summed E-state index contributed by atoms with van der Waals surface area (Å²) < 4.78 is 30.5. The molecule has 0 N–H and O–H groups in total. The van der Waals surface area contributed by atoms with Crippen LogP contribution in [0.5, 0.6) is 11.5 Å². The molecule has 31 heavy (non-hydrogen) atoms. The minimum Gasteiger partial charge on any atom is -0.493 e. The normalized spacial score (nSPS) is 16.1. The van der Waals surface area contributed by atoms with Crippen LogP contribution in [0.4, 0.5) is 10.1 Å². The summed E-state index contributed by atoms with van der Waals surface area (Å²) in [5, 5.41) is 4.08. The van der Waals surface area contributed by atoms with Gasteiger partial charge in [-0.2, -0.15) is 4.98 Å². The number of halogens is 1. The highest BCUT2D eigenvalue weighted by atomic mass is 19.1. The van der Waals surface area contributed by atoms with E-state index in [1.165, 1.54) is 6.07 Å². The van der Waals surface area contributed by atoms with Gasteiger partial charge < -0.3 is 18.9 Å². The third kappa shape index (κ3) is 4.10. The van der Waals surface area contributed by atoms with Crippen molar-refractivity contribution >= 4 is 11.6 Å². The van der Waals surface area contributed by atoms with Crippen LogP contribution in [0.2, 0.25) is 0 Å². The van der Waals surface area contributed by atoms with E-state index in [2.05, 4.69) is 10.1 Å². The van der Waals surface area contributed by atoms with Gasteiger partial charge in [0.15, 0.2) is 11.5 Å². The summed E-state index contributed by atoms with van der Waals surface area (Å²) >= 11 is 0. The minimum absolute atomic E-state index is 0.0995. The molecule has 1 unspecified atom stereocenters. The summed E-state index contributed by atoms with van der Waals surface area (Å²) in [6, 6.07) is 10.2. The molecule has 2 aromatic carbocycles. The molecule has 162 valence electrons. The molecule has 1 aromatic heterocycles. The molecule has 4 rings (SSSR count). The van der Waals surface area contributed by atoms with Gasteiger partial charge in [0.25, 0.3) is 0 Å². The second-order valence-corrected chi connectivity index (χ2v) is 7.46. The molecule has 1 aliphatic rings. The second-order valence-electron chi connectivity index (χ2n) is 7.46. The van der Waals surface area contributed by atoms with E-state index in [4.69, 9.17) is 14.0 Å². The van der Waals surface area contributed by atoms with Crippen molar-refractivity contribution in [2.75, 3.05) is 25.2 Å². The number of hydrogen-bond donors (Lipinski definition) is 0. The molecule has 1 amide bonds. The number of carbonyl (C=O) groups is 1. The molecule has 1 saturated heterocycles. The van der Waals surface area contributed by atoms with E-state index in [-0.39, 0.29) is 24.1 Å². The molecule has 0 saturated carbocycles. The first-order chi connectivity index (χ1) is 15.0. The highest BCUT2D eigenvalue weighted by Gasteiger charge is 2.36. The van der Waals surface area contributed by atoms with E-state index in [1.54, 1.807) is 37.1 Å². The van der Waals surface area contributed by atoms with Gasteiger partial charge in [0, 0.05) is 29.8 Å². The number of benzene rings is 2. The topological polar surface area (TPSA) is 77.7 Å². The predicted octanol–water partition coefficient (Wildman–Crippen LogP) is 4.50. The lowest BCUT2D eigenvalue weighted by molar-refractivity contribution is -0.117. The molecular weight excluding hydrogens is 401 g/mol. The Morgan fingerprint density at radius 1 is 1.26 bits per heavy atom. The maximum Gasteiger partial charge on any atom is 0.232 e. The van der Waals surface area contributed by atoms with Gasteiger partial charge in [0.2, 0.25) is 17.6 Å². The molecule has 1 aliphatic heterocycles. The maximum atomic E-state index is 13.9. The van der Waals surface area contributed by atoms with Crippen LogP contribution in [-0.4, -0.2) is 36.3 Å². The first-order valence-corrected chi connectivity index (χ1v) is 10.2. The van der Waals surface area contributed by atoms with Crippen LogP contribution in [0.1, 0.15) is 37.1 Å². The van der Waals surface area contributed by atoms with Gasteiger partial charge in [-0.25, -0.2) is 4.39 Å². The third-order valence-corrected chi connectivity index (χ3v) is 5.33. The third-order valence-electron chi connectivity index (χ3n) is 5.33. The lowest BCUT2D eigenvalue weighted by Gasteiger charge is -2.18. The number of amides is 1. The Balaban J connectivity index is 1.54. The van der Waals surface area contributed by atoms with Gasteiger partial charge in [-0.15, -0.1) is 0 Å². The van der Waals surface area contributed by atoms with E-state index in [0.717, 1.165) is 12.0 Å². The fraction of sp³-hybridized carbons (Fsp3) is 0.348. The van der Waals surface area contributed by atoms with Crippen LogP contribution in [-0.2, 0) is 4.79 Å². The summed E-state index contributed by atoms with van der Waals surface area (Å²) in [5.41, 5.74) is 1.73. The van der Waals surface area contributed by atoms with Crippen molar-refractivity contribution in [2.45, 2.75) is 32.6 Å². The zero-order valence-electron chi connectivity index (χ0n) is 17.7. The Labute approximate surface area is 179 Å². The van der Waals surface area contributed by atoms with E-state index >= 15 is 0 Å². The van der Waals surface area contributed by atoms with Crippen LogP contribution in [0.25, 0.3) is 11.4 Å². The summed E-state index contributed by atoms with van der Waals surface area (Å²) in [6.45, 7) is 4.65. The Morgan fingerprint density at radius 3 is 2.87 bits per heavy atom. The molecule has 8 heteroatoms. The number of ether oxygens (including phenoxy) is 2. The van der Waals surface area contributed by atoms with Gasteiger partial charge in [0.05, 0.1) is 19.6 Å². The van der Waals surface area contributed by atoms with Gasteiger partial charge in [0.1, 0.15) is 5.82 Å². The highest BCUT2D eigenvalue weighted by Crippen LogP contribution is 2.35. The number of anilines is 1. The molecule has 3 aromatic rings.